The highest BCUT2D eigenvalue weighted by Crippen LogP contribution is 2.41. The van der Waals surface area contributed by atoms with Gasteiger partial charge in [0.15, 0.2) is 0 Å². The molecule has 0 bridgehead atoms. The second-order valence-corrected chi connectivity index (χ2v) is 5.50. The summed E-state index contributed by atoms with van der Waals surface area (Å²) in [4.78, 5) is 16.3. The maximum Gasteiger partial charge on any atom is 0.254 e. The van der Waals surface area contributed by atoms with Gasteiger partial charge in [0.05, 0.1) is 22.8 Å². The first kappa shape index (κ1) is 12.3. The quantitative estimate of drug-likeness (QED) is 0.932. The molecule has 3 rings (SSSR count). The Kier molecular flexibility index (Phi) is 3.29. The zero-order valence-electron chi connectivity index (χ0n) is 10.2. The zero-order chi connectivity index (χ0) is 13.2. The van der Waals surface area contributed by atoms with Crippen molar-refractivity contribution in [1.82, 2.24) is 10.3 Å². The molecule has 0 unspecified atom stereocenters. The monoisotopic (exact) mass is 276 g/mol. The predicted molar refractivity (Wildman–Crippen MR) is 71.7 cm³/mol. The van der Waals surface area contributed by atoms with Crippen molar-refractivity contribution in [3.05, 3.63) is 51.7 Å². The highest BCUT2D eigenvalue weighted by atomic mass is 32.1. The van der Waals surface area contributed by atoms with Crippen LogP contribution in [0.25, 0.3) is 0 Å². The van der Waals surface area contributed by atoms with Gasteiger partial charge in [-0.2, -0.15) is 0 Å². The lowest BCUT2D eigenvalue weighted by Gasteiger charge is -2.04. The number of carbonyl (C=O) groups excluding carboxylic acids is 1. The Balaban J connectivity index is 1.62. The molecule has 0 atom stereocenters. The fourth-order valence-electron chi connectivity index (χ4n) is 1.83. The fourth-order valence-corrected chi connectivity index (χ4v) is 2.82. The van der Waals surface area contributed by atoms with Crippen molar-refractivity contribution in [2.24, 2.45) is 0 Å². The molecule has 1 N–H and O–H groups in total. The summed E-state index contributed by atoms with van der Waals surface area (Å²) in [6, 6.07) is 5.96. The summed E-state index contributed by atoms with van der Waals surface area (Å²) in [5, 5.41) is 5.80. The van der Waals surface area contributed by atoms with Gasteiger partial charge in [-0.3, -0.25) is 4.79 Å². The molecule has 1 aromatic heterocycles. The number of thiazole rings is 1. The largest absolute Gasteiger partial charge is 0.346 e. The molecule has 0 aliphatic heterocycles. The first-order chi connectivity index (χ1) is 9.24. The van der Waals surface area contributed by atoms with Gasteiger partial charge in [-0.1, -0.05) is 12.1 Å². The molecule has 1 heterocycles. The molecular formula is C14H13FN2OS. The van der Waals surface area contributed by atoms with Crippen molar-refractivity contribution in [3.8, 4) is 0 Å². The number of aromatic nitrogens is 1. The maximum absolute atomic E-state index is 13.4. The summed E-state index contributed by atoms with van der Waals surface area (Å²) in [7, 11) is 0. The van der Waals surface area contributed by atoms with Crippen LogP contribution in [0.2, 0.25) is 0 Å². The van der Waals surface area contributed by atoms with Crippen LogP contribution in [0.1, 0.15) is 39.8 Å². The van der Waals surface area contributed by atoms with E-state index < -0.39 is 11.7 Å². The van der Waals surface area contributed by atoms with E-state index in [1.54, 1.807) is 23.5 Å². The van der Waals surface area contributed by atoms with E-state index in [9.17, 15) is 9.18 Å². The van der Waals surface area contributed by atoms with E-state index in [0.717, 1.165) is 10.7 Å². The third-order valence-electron chi connectivity index (χ3n) is 3.04. The number of nitrogens with one attached hydrogen (secondary N) is 1. The van der Waals surface area contributed by atoms with E-state index in [4.69, 9.17) is 0 Å². The van der Waals surface area contributed by atoms with Crippen molar-refractivity contribution in [2.45, 2.75) is 25.3 Å². The second kappa shape index (κ2) is 5.09. The van der Waals surface area contributed by atoms with Gasteiger partial charge in [-0.25, -0.2) is 9.37 Å². The molecule has 0 spiro atoms. The second-order valence-electron chi connectivity index (χ2n) is 4.61. The minimum absolute atomic E-state index is 0.0696. The Labute approximate surface area is 114 Å². The van der Waals surface area contributed by atoms with Gasteiger partial charge in [0.2, 0.25) is 0 Å². The molecule has 0 saturated heterocycles. The van der Waals surface area contributed by atoms with Crippen molar-refractivity contribution in [1.29, 1.82) is 0 Å². The van der Waals surface area contributed by atoms with Crippen molar-refractivity contribution in [2.75, 3.05) is 0 Å². The van der Waals surface area contributed by atoms with Crippen LogP contribution in [0.15, 0.2) is 29.6 Å². The molecule has 1 aromatic carbocycles. The smallest absolute Gasteiger partial charge is 0.254 e. The summed E-state index contributed by atoms with van der Waals surface area (Å²) in [6.45, 7) is 0.344. The molecule has 98 valence electrons. The highest BCUT2D eigenvalue weighted by Gasteiger charge is 2.26. The first-order valence-corrected chi connectivity index (χ1v) is 7.09. The minimum Gasteiger partial charge on any atom is -0.346 e. The molecule has 1 saturated carbocycles. The van der Waals surface area contributed by atoms with Crippen LogP contribution >= 0.6 is 11.3 Å². The maximum atomic E-state index is 13.4. The number of nitrogens with zero attached hydrogens (tertiary/aromatic N) is 1. The van der Waals surface area contributed by atoms with E-state index in [1.165, 1.54) is 25.0 Å². The Morgan fingerprint density at radius 1 is 1.42 bits per heavy atom. The predicted octanol–water partition coefficient (Wildman–Crippen LogP) is 3.09. The van der Waals surface area contributed by atoms with Gasteiger partial charge < -0.3 is 5.32 Å². The summed E-state index contributed by atoms with van der Waals surface area (Å²) < 4.78 is 13.4. The van der Waals surface area contributed by atoms with E-state index in [1.807, 2.05) is 5.38 Å². The zero-order valence-corrected chi connectivity index (χ0v) is 11.0. The van der Waals surface area contributed by atoms with Crippen LogP contribution in [0.4, 0.5) is 4.39 Å². The standard InChI is InChI=1S/C14H13FN2OS/c15-12-4-2-1-3-11(12)13(18)16-7-10-8-19-14(17-10)9-5-6-9/h1-4,8-9H,5-7H2,(H,16,18). The normalized spacial score (nSPS) is 14.4. The third kappa shape index (κ3) is 2.81. The number of hydrogen-bond acceptors (Lipinski definition) is 3. The number of amides is 1. The van der Waals surface area contributed by atoms with Gasteiger partial charge in [0.1, 0.15) is 5.82 Å². The molecule has 1 fully saturated rings. The minimum atomic E-state index is -0.503. The van der Waals surface area contributed by atoms with Crippen LogP contribution in [-0.4, -0.2) is 10.9 Å². The molecular weight excluding hydrogens is 263 g/mol. The van der Waals surface area contributed by atoms with Crippen LogP contribution in [0.5, 0.6) is 0 Å². The number of rotatable bonds is 4. The number of halogens is 1. The average molecular weight is 276 g/mol. The lowest BCUT2D eigenvalue weighted by molar-refractivity contribution is 0.0946. The number of carbonyl (C=O) groups is 1. The summed E-state index contributed by atoms with van der Waals surface area (Å²) in [5.41, 5.74) is 0.914. The molecule has 0 radical (unpaired) electrons. The van der Waals surface area contributed by atoms with E-state index >= 15 is 0 Å². The van der Waals surface area contributed by atoms with Crippen molar-refractivity contribution < 1.29 is 9.18 Å². The summed E-state index contributed by atoms with van der Waals surface area (Å²) in [5.74, 6) is -0.281. The van der Waals surface area contributed by atoms with Gasteiger partial charge in [-0.15, -0.1) is 11.3 Å². The van der Waals surface area contributed by atoms with Crippen LogP contribution < -0.4 is 5.32 Å². The van der Waals surface area contributed by atoms with Crippen LogP contribution in [-0.2, 0) is 6.54 Å². The molecule has 5 heteroatoms. The topological polar surface area (TPSA) is 42.0 Å². The van der Waals surface area contributed by atoms with E-state index in [-0.39, 0.29) is 5.56 Å². The molecule has 1 amide bonds. The fraction of sp³-hybridized carbons (Fsp3) is 0.286. The SMILES string of the molecule is O=C(NCc1csc(C2CC2)n1)c1ccccc1F. The first-order valence-electron chi connectivity index (χ1n) is 6.21. The molecule has 2 aromatic rings. The Morgan fingerprint density at radius 3 is 2.95 bits per heavy atom. The van der Waals surface area contributed by atoms with E-state index in [2.05, 4.69) is 10.3 Å². The van der Waals surface area contributed by atoms with Crippen molar-refractivity contribution >= 4 is 17.2 Å². The Morgan fingerprint density at radius 2 is 2.21 bits per heavy atom. The highest BCUT2D eigenvalue weighted by molar-refractivity contribution is 7.09. The third-order valence-corrected chi connectivity index (χ3v) is 4.10. The Hall–Kier alpha value is -1.75. The lowest BCUT2D eigenvalue weighted by atomic mass is 10.2. The summed E-state index contributed by atoms with van der Waals surface area (Å²) >= 11 is 1.63. The molecule has 3 nitrogen and oxygen atoms in total. The number of hydrogen-bond donors (Lipinski definition) is 1. The van der Waals surface area contributed by atoms with Crippen LogP contribution in [0.3, 0.4) is 0 Å². The molecule has 19 heavy (non-hydrogen) atoms. The lowest BCUT2D eigenvalue weighted by Crippen LogP contribution is -2.23. The number of benzene rings is 1. The van der Waals surface area contributed by atoms with E-state index in [0.29, 0.717) is 12.5 Å². The van der Waals surface area contributed by atoms with Crippen molar-refractivity contribution in [3.63, 3.8) is 0 Å². The van der Waals surface area contributed by atoms with Gasteiger partial charge in [0.25, 0.3) is 5.91 Å². The molecule has 1 aliphatic rings. The van der Waals surface area contributed by atoms with Gasteiger partial charge in [0, 0.05) is 11.3 Å². The average Bonchev–Trinajstić information content (AvgIpc) is 3.16. The van der Waals surface area contributed by atoms with Crippen LogP contribution in [0, 0.1) is 5.82 Å². The summed E-state index contributed by atoms with van der Waals surface area (Å²) in [6.07, 6.45) is 2.43. The Bertz CT molecular complexity index is 607. The van der Waals surface area contributed by atoms with Gasteiger partial charge >= 0.3 is 0 Å². The van der Waals surface area contributed by atoms with Gasteiger partial charge in [-0.05, 0) is 25.0 Å². The molecule has 1 aliphatic carbocycles.